The van der Waals surface area contributed by atoms with Gasteiger partial charge < -0.3 is 10.4 Å². The molecule has 0 aromatic rings. The third-order valence-electron chi connectivity index (χ3n) is 3.07. The van der Waals surface area contributed by atoms with E-state index in [1.165, 1.54) is 0 Å². The van der Waals surface area contributed by atoms with Crippen LogP contribution in [-0.4, -0.2) is 34.6 Å². The lowest BCUT2D eigenvalue weighted by Gasteiger charge is -2.18. The Morgan fingerprint density at radius 3 is 2.67 bits per heavy atom. The van der Waals surface area contributed by atoms with Crippen molar-refractivity contribution in [1.29, 1.82) is 0 Å². The number of nitrogens with zero attached hydrogens (tertiary/aromatic N) is 1. The zero-order valence-corrected chi connectivity index (χ0v) is 9.81. The molecular weight excluding hydrogens is 238 g/mol. The predicted molar refractivity (Wildman–Crippen MR) is 61.7 cm³/mol. The van der Waals surface area contributed by atoms with E-state index in [1.54, 1.807) is 0 Å². The van der Waals surface area contributed by atoms with E-state index in [1.807, 2.05) is 0 Å². The number of hydrogen-bond acceptors (Lipinski definition) is 4. The van der Waals surface area contributed by atoms with Crippen LogP contribution >= 0.6 is 0 Å². The molecule has 1 heterocycles. The summed E-state index contributed by atoms with van der Waals surface area (Å²) in [7, 11) is 0. The third kappa shape index (κ3) is 3.28. The predicted octanol–water partition coefficient (Wildman–Crippen LogP) is -0.378. The zero-order valence-electron chi connectivity index (χ0n) is 9.81. The highest BCUT2D eigenvalue weighted by Crippen LogP contribution is 2.34. The van der Waals surface area contributed by atoms with Gasteiger partial charge in [0.2, 0.25) is 5.91 Å². The largest absolute Gasteiger partial charge is 0.481 e. The molecule has 0 spiro atoms. The molecule has 1 saturated carbocycles. The Morgan fingerprint density at radius 1 is 1.44 bits per heavy atom. The van der Waals surface area contributed by atoms with E-state index in [0.717, 1.165) is 12.8 Å². The van der Waals surface area contributed by atoms with E-state index in [-0.39, 0.29) is 42.3 Å². The fraction of sp³-hybridized carbons (Fsp3) is 0.636. The number of carbonyl (C=O) groups excluding carboxylic acids is 2. The van der Waals surface area contributed by atoms with Gasteiger partial charge >= 0.3 is 5.97 Å². The number of carboxylic acid groups (broad SMARTS) is 1. The van der Waals surface area contributed by atoms with E-state index in [0.29, 0.717) is 6.42 Å². The second kappa shape index (κ2) is 5.16. The summed E-state index contributed by atoms with van der Waals surface area (Å²) in [4.78, 5) is 33.4. The van der Waals surface area contributed by atoms with Gasteiger partial charge in [-0.3, -0.25) is 14.4 Å². The summed E-state index contributed by atoms with van der Waals surface area (Å²) in [6.45, 7) is 0. The van der Waals surface area contributed by atoms with E-state index < -0.39 is 5.97 Å². The molecule has 0 radical (unpaired) electrons. The minimum Gasteiger partial charge on any atom is -0.481 e. The first kappa shape index (κ1) is 12.5. The van der Waals surface area contributed by atoms with Crippen LogP contribution in [0.1, 0.15) is 32.1 Å². The smallest absolute Gasteiger partial charge is 0.305 e. The third-order valence-corrected chi connectivity index (χ3v) is 3.07. The molecule has 7 nitrogen and oxygen atoms in total. The maximum atomic E-state index is 11.8. The lowest BCUT2D eigenvalue weighted by Crippen LogP contribution is -2.43. The Labute approximate surface area is 104 Å². The summed E-state index contributed by atoms with van der Waals surface area (Å²) >= 11 is 0. The van der Waals surface area contributed by atoms with Gasteiger partial charge in [0.25, 0.3) is 5.91 Å². The highest BCUT2D eigenvalue weighted by Gasteiger charge is 2.34. The highest BCUT2D eigenvalue weighted by molar-refractivity contribution is 6.39. The normalized spacial score (nSPS) is 20.7. The van der Waals surface area contributed by atoms with Crippen LogP contribution in [-0.2, 0) is 14.4 Å². The molecule has 2 amide bonds. The van der Waals surface area contributed by atoms with Crippen molar-refractivity contribution in [2.75, 3.05) is 0 Å². The Morgan fingerprint density at radius 2 is 2.17 bits per heavy atom. The first-order valence-corrected chi connectivity index (χ1v) is 5.94. The van der Waals surface area contributed by atoms with Crippen molar-refractivity contribution in [3.05, 3.63) is 0 Å². The molecular formula is C11H15N3O4. The molecule has 98 valence electrons. The minimum atomic E-state index is -0.925. The van der Waals surface area contributed by atoms with E-state index in [9.17, 15) is 14.4 Å². The number of carbonyl (C=O) groups is 3. The van der Waals surface area contributed by atoms with Crippen LogP contribution in [0, 0.1) is 5.92 Å². The summed E-state index contributed by atoms with van der Waals surface area (Å²) < 4.78 is 0. The molecule has 2 aliphatic rings. The van der Waals surface area contributed by atoms with Crippen LogP contribution < -0.4 is 10.7 Å². The van der Waals surface area contributed by atoms with E-state index >= 15 is 0 Å². The SMILES string of the molecule is O=C(O)CC(NC(=O)C1=NNC(=O)CC1)C1CC1. The Hall–Kier alpha value is -1.92. The van der Waals surface area contributed by atoms with Crippen molar-refractivity contribution in [3.63, 3.8) is 0 Å². The maximum Gasteiger partial charge on any atom is 0.305 e. The number of carboxylic acids is 1. The van der Waals surface area contributed by atoms with Crippen molar-refractivity contribution in [2.24, 2.45) is 11.0 Å². The van der Waals surface area contributed by atoms with Gasteiger partial charge in [-0.1, -0.05) is 0 Å². The van der Waals surface area contributed by atoms with Gasteiger partial charge in [0.15, 0.2) is 0 Å². The number of rotatable bonds is 5. The first-order chi connectivity index (χ1) is 8.56. The molecule has 0 saturated heterocycles. The zero-order chi connectivity index (χ0) is 13.1. The molecule has 2 rings (SSSR count). The average molecular weight is 253 g/mol. The topological polar surface area (TPSA) is 108 Å². The molecule has 1 atom stereocenters. The molecule has 1 aliphatic heterocycles. The monoisotopic (exact) mass is 253 g/mol. The van der Waals surface area contributed by atoms with E-state index in [4.69, 9.17) is 5.11 Å². The highest BCUT2D eigenvalue weighted by atomic mass is 16.4. The van der Waals surface area contributed by atoms with Crippen LogP contribution in [0.25, 0.3) is 0 Å². The first-order valence-electron chi connectivity index (χ1n) is 5.94. The Balaban J connectivity index is 1.92. The van der Waals surface area contributed by atoms with Gasteiger partial charge in [0.05, 0.1) is 6.42 Å². The second-order valence-electron chi connectivity index (χ2n) is 4.61. The lowest BCUT2D eigenvalue weighted by molar-refractivity contribution is -0.137. The van der Waals surface area contributed by atoms with Crippen LogP contribution in [0.3, 0.4) is 0 Å². The average Bonchev–Trinajstić information content (AvgIpc) is 3.12. The van der Waals surface area contributed by atoms with E-state index in [2.05, 4.69) is 15.8 Å². The van der Waals surface area contributed by atoms with Crippen LogP contribution in [0.4, 0.5) is 0 Å². The van der Waals surface area contributed by atoms with Gasteiger partial charge in [-0.05, 0) is 18.8 Å². The second-order valence-corrected chi connectivity index (χ2v) is 4.61. The van der Waals surface area contributed by atoms with Crippen molar-refractivity contribution < 1.29 is 19.5 Å². The fourth-order valence-electron chi connectivity index (χ4n) is 1.91. The molecule has 7 heteroatoms. The fourth-order valence-corrected chi connectivity index (χ4v) is 1.91. The number of nitrogens with one attached hydrogen (secondary N) is 2. The molecule has 1 fully saturated rings. The van der Waals surface area contributed by atoms with Crippen molar-refractivity contribution in [3.8, 4) is 0 Å². The summed E-state index contributed by atoms with van der Waals surface area (Å²) in [6.07, 6.45) is 2.35. The van der Waals surface area contributed by atoms with Crippen molar-refractivity contribution >= 4 is 23.5 Å². The van der Waals surface area contributed by atoms with Crippen molar-refractivity contribution in [2.45, 2.75) is 38.1 Å². The lowest BCUT2D eigenvalue weighted by atomic mass is 10.1. The van der Waals surface area contributed by atoms with Gasteiger partial charge in [-0.15, -0.1) is 0 Å². The van der Waals surface area contributed by atoms with Crippen LogP contribution in [0.2, 0.25) is 0 Å². The summed E-state index contributed by atoms with van der Waals surface area (Å²) in [5.41, 5.74) is 2.50. The molecule has 3 N–H and O–H groups in total. The summed E-state index contributed by atoms with van der Waals surface area (Å²) in [6, 6.07) is -0.338. The summed E-state index contributed by atoms with van der Waals surface area (Å²) in [5, 5.41) is 15.2. The number of hydrazone groups is 1. The molecule has 1 aliphatic carbocycles. The van der Waals surface area contributed by atoms with Crippen molar-refractivity contribution in [1.82, 2.24) is 10.7 Å². The maximum absolute atomic E-state index is 11.8. The Kier molecular flexibility index (Phi) is 3.59. The number of hydrogen-bond donors (Lipinski definition) is 3. The quantitative estimate of drug-likeness (QED) is 0.620. The van der Waals surface area contributed by atoms with Gasteiger partial charge in [0.1, 0.15) is 5.71 Å². The minimum absolute atomic E-state index is 0.0734. The van der Waals surface area contributed by atoms with Crippen LogP contribution in [0.15, 0.2) is 5.10 Å². The molecule has 0 bridgehead atoms. The molecule has 1 unspecified atom stereocenters. The van der Waals surface area contributed by atoms with Gasteiger partial charge in [0, 0.05) is 18.9 Å². The Bertz CT molecular complexity index is 415. The number of amides is 2. The summed E-state index contributed by atoms with van der Waals surface area (Å²) in [5.74, 6) is -1.26. The van der Waals surface area contributed by atoms with Gasteiger partial charge in [-0.25, -0.2) is 5.43 Å². The van der Waals surface area contributed by atoms with Crippen LogP contribution in [0.5, 0.6) is 0 Å². The molecule has 0 aromatic carbocycles. The molecule has 0 aromatic heterocycles. The standard InChI is InChI=1S/C11H15N3O4/c15-9-4-3-7(13-14-9)11(18)12-8(5-10(16)17)6-1-2-6/h6,8H,1-5H2,(H,12,18)(H,14,15)(H,16,17). The molecule has 18 heavy (non-hydrogen) atoms. The number of aliphatic carboxylic acids is 1. The van der Waals surface area contributed by atoms with Gasteiger partial charge in [-0.2, -0.15) is 5.10 Å².